The molecule has 0 radical (unpaired) electrons. The second-order valence-electron chi connectivity index (χ2n) is 3.87. The Hall–Kier alpha value is -1.41. The summed E-state index contributed by atoms with van der Waals surface area (Å²) < 4.78 is 34.4. The van der Waals surface area contributed by atoms with Crippen LogP contribution in [0.1, 0.15) is 6.42 Å². The van der Waals surface area contributed by atoms with Gasteiger partial charge >= 0.3 is 10.2 Å². The number of pyridine rings is 1. The van der Waals surface area contributed by atoms with Crippen LogP contribution in [-0.4, -0.2) is 31.1 Å². The van der Waals surface area contributed by atoms with Gasteiger partial charge in [0.05, 0.1) is 10.7 Å². The van der Waals surface area contributed by atoms with Gasteiger partial charge in [0.1, 0.15) is 5.25 Å². The van der Waals surface area contributed by atoms with Gasteiger partial charge in [-0.15, -0.1) is 3.89 Å². The summed E-state index contributed by atoms with van der Waals surface area (Å²) in [5.41, 5.74) is 5.77. The lowest BCUT2D eigenvalue weighted by Gasteiger charge is -2.16. The minimum atomic E-state index is -4.75. The van der Waals surface area contributed by atoms with Gasteiger partial charge in [-0.1, -0.05) is 11.6 Å². The van der Waals surface area contributed by atoms with Crippen molar-refractivity contribution in [2.75, 3.05) is 17.2 Å². The third-order valence-electron chi connectivity index (χ3n) is 2.61. The zero-order valence-electron chi connectivity index (χ0n) is 9.01. The molecule has 2 N–H and O–H groups in total. The van der Waals surface area contributed by atoms with E-state index in [1.165, 1.54) is 12.3 Å². The number of rotatable bonds is 2. The molecule has 1 amide bonds. The van der Waals surface area contributed by atoms with E-state index in [9.17, 15) is 17.1 Å². The molecule has 1 aliphatic heterocycles. The van der Waals surface area contributed by atoms with Gasteiger partial charge in [-0.05, 0) is 6.07 Å². The fraction of sp³-hybridized carbons (Fsp3) is 0.333. The third kappa shape index (κ3) is 2.39. The van der Waals surface area contributed by atoms with E-state index in [0.717, 1.165) is 4.90 Å². The highest BCUT2D eigenvalue weighted by atomic mass is 35.5. The molecule has 1 aromatic rings. The zero-order valence-corrected chi connectivity index (χ0v) is 10.6. The molecule has 9 heteroatoms. The molecule has 0 aliphatic carbocycles. The topological polar surface area (TPSA) is 93.4 Å². The summed E-state index contributed by atoms with van der Waals surface area (Å²) >= 11 is 5.66. The van der Waals surface area contributed by atoms with E-state index in [1.807, 2.05) is 0 Å². The molecule has 1 aromatic heterocycles. The van der Waals surface area contributed by atoms with Crippen LogP contribution in [0.3, 0.4) is 0 Å². The summed E-state index contributed by atoms with van der Waals surface area (Å²) in [6.07, 6.45) is 0.861. The molecule has 0 saturated carbocycles. The van der Waals surface area contributed by atoms with Gasteiger partial charge in [0.2, 0.25) is 5.91 Å². The number of halogens is 2. The first-order valence-corrected chi connectivity index (χ1v) is 6.76. The number of nitrogens with zero attached hydrogens (tertiary/aromatic N) is 2. The lowest BCUT2D eigenvalue weighted by Crippen LogP contribution is -2.28. The standard InChI is InChI=1S/C9H9ClFN3O3S/c10-5-1-7(12)9(13-3-5)14-4-6(2-8(14)15)18(11,16)17/h1,3,6H,2,4,12H2. The van der Waals surface area contributed by atoms with E-state index in [-0.39, 0.29) is 23.1 Å². The number of nitrogens with two attached hydrogens (primary N) is 1. The van der Waals surface area contributed by atoms with Crippen LogP contribution in [-0.2, 0) is 15.0 Å². The summed E-state index contributed by atoms with van der Waals surface area (Å²) in [6, 6.07) is 1.38. The molecule has 2 rings (SSSR count). The lowest BCUT2D eigenvalue weighted by atomic mass is 10.3. The monoisotopic (exact) mass is 293 g/mol. The van der Waals surface area contributed by atoms with Crippen LogP contribution in [0.25, 0.3) is 0 Å². The Kier molecular flexibility index (Phi) is 3.16. The smallest absolute Gasteiger partial charge is 0.307 e. The van der Waals surface area contributed by atoms with Crippen molar-refractivity contribution in [3.05, 3.63) is 17.3 Å². The maximum Gasteiger partial charge on any atom is 0.307 e. The first kappa shape index (κ1) is 13.0. The van der Waals surface area contributed by atoms with Gasteiger partial charge in [0.25, 0.3) is 0 Å². The van der Waals surface area contributed by atoms with Gasteiger partial charge in [-0.25, -0.2) is 4.98 Å². The van der Waals surface area contributed by atoms with Crippen LogP contribution in [0.2, 0.25) is 5.02 Å². The second kappa shape index (κ2) is 4.36. The number of anilines is 2. The number of aromatic nitrogens is 1. The van der Waals surface area contributed by atoms with Crippen molar-refractivity contribution in [3.63, 3.8) is 0 Å². The van der Waals surface area contributed by atoms with Crippen molar-refractivity contribution < 1.29 is 17.1 Å². The number of hydrogen-bond acceptors (Lipinski definition) is 5. The summed E-state index contributed by atoms with van der Waals surface area (Å²) in [5.74, 6) is -0.446. The number of carbonyl (C=O) groups excluding carboxylic acids is 1. The van der Waals surface area contributed by atoms with Crippen molar-refractivity contribution in [2.24, 2.45) is 0 Å². The Balaban J connectivity index is 2.33. The second-order valence-corrected chi connectivity index (χ2v) is 5.93. The third-order valence-corrected chi connectivity index (χ3v) is 3.92. The van der Waals surface area contributed by atoms with Crippen molar-refractivity contribution in [1.29, 1.82) is 0 Å². The Bertz CT molecular complexity index is 607. The van der Waals surface area contributed by atoms with Crippen molar-refractivity contribution in [2.45, 2.75) is 11.7 Å². The van der Waals surface area contributed by atoms with Gasteiger partial charge in [0.15, 0.2) is 5.82 Å². The molecule has 6 nitrogen and oxygen atoms in total. The Morgan fingerprint density at radius 3 is 2.72 bits per heavy atom. The van der Waals surface area contributed by atoms with Gasteiger partial charge in [-0.3, -0.25) is 9.69 Å². The maximum absolute atomic E-state index is 12.8. The van der Waals surface area contributed by atoms with Crippen LogP contribution in [0, 0.1) is 0 Å². The average Bonchev–Trinajstić information content (AvgIpc) is 2.60. The molecule has 2 heterocycles. The van der Waals surface area contributed by atoms with Crippen LogP contribution >= 0.6 is 11.6 Å². The first-order chi connectivity index (χ1) is 8.29. The normalized spacial score (nSPS) is 20.4. The number of hydrogen-bond donors (Lipinski definition) is 1. The van der Waals surface area contributed by atoms with E-state index in [2.05, 4.69) is 4.98 Å². The SMILES string of the molecule is Nc1cc(Cl)cnc1N1CC(S(=O)(=O)F)CC1=O. The Labute approximate surface area is 108 Å². The van der Waals surface area contributed by atoms with E-state index in [1.54, 1.807) is 0 Å². The van der Waals surface area contributed by atoms with Crippen LogP contribution in [0.4, 0.5) is 15.4 Å². The summed E-state index contributed by atoms with van der Waals surface area (Å²) in [6.45, 7) is -0.295. The van der Waals surface area contributed by atoms with Crippen LogP contribution in [0.15, 0.2) is 12.3 Å². The minimum absolute atomic E-state index is 0.0931. The molecule has 0 aromatic carbocycles. The predicted octanol–water partition coefficient (Wildman–Crippen LogP) is 0.722. The molecule has 1 aliphatic rings. The molecule has 0 bridgehead atoms. The van der Waals surface area contributed by atoms with E-state index < -0.39 is 27.8 Å². The summed E-state index contributed by atoms with van der Waals surface area (Å²) in [7, 11) is -4.75. The van der Waals surface area contributed by atoms with Gasteiger partial charge in [-0.2, -0.15) is 8.42 Å². The minimum Gasteiger partial charge on any atom is -0.396 e. The highest BCUT2D eigenvalue weighted by Gasteiger charge is 2.40. The zero-order chi connectivity index (χ0) is 13.5. The summed E-state index contributed by atoms with van der Waals surface area (Å²) in [4.78, 5) is 16.5. The predicted molar refractivity (Wildman–Crippen MR) is 64.4 cm³/mol. The van der Waals surface area contributed by atoms with E-state index in [0.29, 0.717) is 0 Å². The average molecular weight is 294 g/mol. The number of nitrogen functional groups attached to an aromatic ring is 1. The fourth-order valence-corrected chi connectivity index (χ4v) is 2.58. The molecule has 1 saturated heterocycles. The van der Waals surface area contributed by atoms with E-state index >= 15 is 0 Å². The molecule has 1 unspecified atom stereocenters. The lowest BCUT2D eigenvalue weighted by molar-refractivity contribution is -0.117. The molecule has 1 fully saturated rings. The Morgan fingerprint density at radius 1 is 1.56 bits per heavy atom. The molecule has 98 valence electrons. The molecular formula is C9H9ClFN3O3S. The van der Waals surface area contributed by atoms with Crippen molar-refractivity contribution >= 4 is 39.2 Å². The van der Waals surface area contributed by atoms with Crippen LogP contribution < -0.4 is 10.6 Å². The maximum atomic E-state index is 12.8. The Morgan fingerprint density at radius 2 is 2.22 bits per heavy atom. The number of carbonyl (C=O) groups is 1. The highest BCUT2D eigenvalue weighted by Crippen LogP contribution is 2.29. The molecular weight excluding hydrogens is 285 g/mol. The largest absolute Gasteiger partial charge is 0.396 e. The highest BCUT2D eigenvalue weighted by molar-refractivity contribution is 7.87. The molecule has 18 heavy (non-hydrogen) atoms. The van der Waals surface area contributed by atoms with Gasteiger partial charge < -0.3 is 5.73 Å². The van der Waals surface area contributed by atoms with Crippen LogP contribution in [0.5, 0.6) is 0 Å². The van der Waals surface area contributed by atoms with Gasteiger partial charge in [0, 0.05) is 19.2 Å². The number of amides is 1. The fourth-order valence-electron chi connectivity index (χ4n) is 1.74. The first-order valence-electron chi connectivity index (χ1n) is 4.94. The van der Waals surface area contributed by atoms with Crippen molar-refractivity contribution in [3.8, 4) is 0 Å². The molecule has 0 spiro atoms. The van der Waals surface area contributed by atoms with Crippen molar-refractivity contribution in [1.82, 2.24) is 4.98 Å². The molecule has 1 atom stereocenters. The summed E-state index contributed by atoms with van der Waals surface area (Å²) in [5, 5.41) is -1.08. The van der Waals surface area contributed by atoms with E-state index in [4.69, 9.17) is 17.3 Å². The quantitative estimate of drug-likeness (QED) is 0.811.